The van der Waals surface area contributed by atoms with E-state index in [0.29, 0.717) is 69.4 Å². The van der Waals surface area contributed by atoms with Gasteiger partial charge in [0.25, 0.3) is 0 Å². The zero-order valence-electron chi connectivity index (χ0n) is 34.5. The second-order valence-electron chi connectivity index (χ2n) is 18.2. The molecule has 8 atom stereocenters. The molecule has 4 fully saturated rings. The second-order valence-corrected chi connectivity index (χ2v) is 19.4. The summed E-state index contributed by atoms with van der Waals surface area (Å²) >= 11 is 8.43. The lowest BCUT2D eigenvalue weighted by molar-refractivity contribution is -0.157. The molecule has 12 nitrogen and oxygen atoms in total. The largest absolute Gasteiger partial charge is 0.490 e. The van der Waals surface area contributed by atoms with E-state index in [1.165, 1.54) is 22.7 Å². The maximum Gasteiger partial charge on any atom is 0.310 e. The van der Waals surface area contributed by atoms with E-state index in [-0.39, 0.29) is 62.0 Å². The highest BCUT2D eigenvalue weighted by Gasteiger charge is 2.61. The number of ether oxygens (including phenoxy) is 4. The Kier molecular flexibility index (Phi) is 12.2. The molecule has 3 heterocycles. The van der Waals surface area contributed by atoms with Gasteiger partial charge in [0.05, 0.1) is 48.2 Å². The fourth-order valence-corrected chi connectivity index (χ4v) is 10.3. The summed E-state index contributed by atoms with van der Waals surface area (Å²) in [4.78, 5) is 66.4. The number of carboxylic acid groups (broad SMARTS) is 1. The lowest BCUT2D eigenvalue weighted by atomic mass is 9.77. The van der Waals surface area contributed by atoms with Crippen LogP contribution in [-0.2, 0) is 28.7 Å². The number of rotatable bonds is 17. The zero-order chi connectivity index (χ0) is 41.7. The standard InChI is InChI=1S/C44H56ClN3O9S/c1-8-26-19-44(26,42(52)53)20-34(49)33-16-28(21-48(33)41(51)30(43(4,5)6)17-37(50)57-27-14-24-13-25(24)15-27)56-36-18-31(40-47-32(22-58-40)23(2)3)46-39-29(36)9-10-35(38(39)45)55-12-11-54-7/h9-10,18,22-28,30,33H,8,11-17,19-21H2,1-7H3,(H,52,53)/t24-,25+,26-,27?,28-,30?,33+,44-/m1/s1. The van der Waals surface area contributed by atoms with Crippen molar-refractivity contribution in [1.29, 1.82) is 0 Å². The Labute approximate surface area is 349 Å². The first-order valence-electron chi connectivity index (χ1n) is 20.7. The van der Waals surface area contributed by atoms with Crippen molar-refractivity contribution in [2.24, 2.45) is 34.5 Å². The van der Waals surface area contributed by atoms with E-state index < -0.39 is 40.8 Å². The number of aliphatic carboxylic acids is 1. The number of amides is 1. The van der Waals surface area contributed by atoms with Gasteiger partial charge in [0.1, 0.15) is 46.0 Å². The lowest BCUT2D eigenvalue weighted by Gasteiger charge is -2.35. The van der Waals surface area contributed by atoms with Crippen LogP contribution >= 0.6 is 22.9 Å². The van der Waals surface area contributed by atoms with Gasteiger partial charge >= 0.3 is 11.9 Å². The maximum absolute atomic E-state index is 14.8. The van der Waals surface area contributed by atoms with Gasteiger partial charge in [-0.2, -0.15) is 0 Å². The van der Waals surface area contributed by atoms with Crippen LogP contribution in [0.3, 0.4) is 0 Å². The monoisotopic (exact) mass is 837 g/mol. The zero-order valence-corrected chi connectivity index (χ0v) is 36.1. The number of benzene rings is 1. The second kappa shape index (κ2) is 16.7. The van der Waals surface area contributed by atoms with Gasteiger partial charge in [-0.3, -0.25) is 19.2 Å². The number of nitrogens with zero attached hydrogens (tertiary/aromatic N) is 3. The number of halogens is 1. The van der Waals surface area contributed by atoms with Gasteiger partial charge in [-0.05, 0) is 66.9 Å². The lowest BCUT2D eigenvalue weighted by Crippen LogP contribution is -2.48. The highest BCUT2D eigenvalue weighted by molar-refractivity contribution is 7.13. The van der Waals surface area contributed by atoms with Crippen LogP contribution in [0, 0.1) is 34.5 Å². The summed E-state index contributed by atoms with van der Waals surface area (Å²) in [6.45, 7) is 12.5. The highest BCUT2D eigenvalue weighted by atomic mass is 35.5. The Morgan fingerprint density at radius 3 is 2.40 bits per heavy atom. The molecule has 3 aromatic rings. The molecule has 7 rings (SSSR count). The first-order chi connectivity index (χ1) is 27.5. The van der Waals surface area contributed by atoms with Crippen LogP contribution in [0.2, 0.25) is 5.02 Å². The third-order valence-electron chi connectivity index (χ3n) is 12.8. The molecule has 3 saturated carbocycles. The predicted molar refractivity (Wildman–Crippen MR) is 220 cm³/mol. The molecule has 1 aliphatic heterocycles. The van der Waals surface area contributed by atoms with E-state index in [4.69, 9.17) is 40.5 Å². The van der Waals surface area contributed by atoms with Crippen molar-refractivity contribution in [3.8, 4) is 22.2 Å². The van der Waals surface area contributed by atoms with E-state index >= 15 is 0 Å². The summed E-state index contributed by atoms with van der Waals surface area (Å²) in [5.41, 5.74) is 0.119. The molecule has 2 unspecified atom stereocenters. The van der Waals surface area contributed by atoms with Gasteiger partial charge in [0.15, 0.2) is 5.78 Å². The van der Waals surface area contributed by atoms with Crippen molar-refractivity contribution in [2.75, 3.05) is 26.9 Å². The van der Waals surface area contributed by atoms with Gasteiger partial charge in [0.2, 0.25) is 5.91 Å². The number of ketones is 1. The number of carbonyl (C=O) groups is 4. The molecule has 0 radical (unpaired) electrons. The molecule has 14 heteroatoms. The number of carbonyl (C=O) groups excluding carboxylic acids is 3. The van der Waals surface area contributed by atoms with Crippen molar-refractivity contribution in [3.05, 3.63) is 34.3 Å². The number of hydrogen-bond acceptors (Lipinski definition) is 11. The van der Waals surface area contributed by atoms with Gasteiger partial charge < -0.3 is 29.0 Å². The van der Waals surface area contributed by atoms with Crippen molar-refractivity contribution < 1.29 is 43.2 Å². The van der Waals surface area contributed by atoms with E-state index in [0.717, 1.165) is 18.5 Å². The Bertz CT molecular complexity index is 2050. The fraction of sp³-hybridized carbons (Fsp3) is 0.636. The number of methoxy groups -OCH3 is 1. The number of hydrogen-bond donors (Lipinski definition) is 1. The van der Waals surface area contributed by atoms with Gasteiger partial charge in [0, 0.05) is 36.8 Å². The number of aromatic nitrogens is 2. The smallest absolute Gasteiger partial charge is 0.310 e. The SMILES string of the molecule is CC[C@@H]1C[C@]1(CC(=O)[C@@H]1C[C@@H](Oc2cc(-c3nc(C(C)C)cs3)nc3c(Cl)c(OCCOC)ccc23)CN1C(=O)C(CC(=O)OC1C[C@@H]2C[C@@H]2C1)C(C)(C)C)C(=O)O. The minimum Gasteiger partial charge on any atom is -0.490 e. The summed E-state index contributed by atoms with van der Waals surface area (Å²) in [6.07, 6.45) is 3.07. The van der Waals surface area contributed by atoms with Crippen LogP contribution in [0.25, 0.3) is 21.6 Å². The minimum absolute atomic E-state index is 0.0555. The molecule has 0 spiro atoms. The Hall–Kier alpha value is -3.81. The summed E-state index contributed by atoms with van der Waals surface area (Å²) in [5, 5.41) is 13.8. The number of likely N-dealkylation sites (tertiary alicyclic amines) is 1. The molecule has 2 aromatic heterocycles. The maximum atomic E-state index is 14.8. The van der Waals surface area contributed by atoms with Crippen LogP contribution in [0.5, 0.6) is 11.5 Å². The fourth-order valence-electron chi connectivity index (χ4n) is 9.06. The predicted octanol–water partition coefficient (Wildman–Crippen LogP) is 8.36. The van der Waals surface area contributed by atoms with Crippen LogP contribution in [0.15, 0.2) is 23.6 Å². The van der Waals surface area contributed by atoms with Gasteiger partial charge in [-0.1, -0.05) is 59.6 Å². The number of esters is 1. The van der Waals surface area contributed by atoms with Crippen LogP contribution in [-0.4, -0.2) is 88.7 Å². The molecule has 0 bridgehead atoms. The number of Topliss-reactive ketones (excluding diaryl/α,β-unsaturated/α-hetero) is 1. The number of thiazole rings is 1. The summed E-state index contributed by atoms with van der Waals surface area (Å²) in [7, 11) is 1.59. The van der Waals surface area contributed by atoms with Gasteiger partial charge in [-0.15, -0.1) is 11.3 Å². The number of pyridine rings is 1. The average Bonchev–Trinajstić information content (AvgIpc) is 3.81. The first-order valence-corrected chi connectivity index (χ1v) is 21.9. The summed E-state index contributed by atoms with van der Waals surface area (Å²) in [5.74, 6) is -0.603. The Morgan fingerprint density at radius 2 is 1.78 bits per heavy atom. The molecule has 3 aliphatic carbocycles. The van der Waals surface area contributed by atoms with E-state index in [1.807, 2.05) is 45.2 Å². The molecule has 1 amide bonds. The topological polar surface area (TPSA) is 154 Å². The Morgan fingerprint density at radius 1 is 1.03 bits per heavy atom. The third kappa shape index (κ3) is 8.73. The summed E-state index contributed by atoms with van der Waals surface area (Å²) in [6, 6.07) is 4.43. The third-order valence-corrected chi connectivity index (χ3v) is 14.0. The molecule has 1 saturated heterocycles. The van der Waals surface area contributed by atoms with Crippen LogP contribution in [0.4, 0.5) is 0 Å². The normalized spacial score (nSPS) is 26.7. The molecule has 314 valence electrons. The van der Waals surface area contributed by atoms with Crippen molar-refractivity contribution in [2.45, 2.75) is 117 Å². The molecular formula is C44H56ClN3O9S. The van der Waals surface area contributed by atoms with E-state index in [9.17, 15) is 24.3 Å². The Balaban J connectivity index is 1.21. The molecule has 1 aromatic carbocycles. The highest BCUT2D eigenvalue weighted by Crippen LogP contribution is 2.58. The molecule has 4 aliphatic rings. The first kappa shape index (κ1) is 42.3. The minimum atomic E-state index is -1.15. The summed E-state index contributed by atoms with van der Waals surface area (Å²) < 4.78 is 23.8. The van der Waals surface area contributed by atoms with Gasteiger partial charge in [-0.25, -0.2) is 9.97 Å². The average molecular weight is 838 g/mol. The molecular weight excluding hydrogens is 782 g/mol. The van der Waals surface area contributed by atoms with Crippen LogP contribution in [0.1, 0.15) is 105 Å². The quantitative estimate of drug-likeness (QED) is 0.103. The van der Waals surface area contributed by atoms with Crippen molar-refractivity contribution >= 4 is 57.5 Å². The number of fused-ring (bicyclic) bond motifs is 2. The molecule has 58 heavy (non-hydrogen) atoms. The van der Waals surface area contributed by atoms with Crippen LogP contribution < -0.4 is 9.47 Å². The van der Waals surface area contributed by atoms with Crippen molar-refractivity contribution in [1.82, 2.24) is 14.9 Å². The van der Waals surface area contributed by atoms with E-state index in [2.05, 4.69) is 13.8 Å². The van der Waals surface area contributed by atoms with E-state index in [1.54, 1.807) is 13.2 Å². The van der Waals surface area contributed by atoms with Crippen molar-refractivity contribution in [3.63, 3.8) is 0 Å². The molecule has 1 N–H and O–H groups in total. The number of carboxylic acids is 1.